The van der Waals surface area contributed by atoms with Gasteiger partial charge < -0.3 is 20.5 Å². The molecule has 0 aromatic carbocycles. The Morgan fingerprint density at radius 2 is 2.05 bits per heavy atom. The van der Waals surface area contributed by atoms with E-state index in [2.05, 4.69) is 10.6 Å². The maximum atomic E-state index is 11.6. The zero-order valence-electron chi connectivity index (χ0n) is 11.8. The number of rotatable bonds is 6. The minimum Gasteiger partial charge on any atom is -0.481 e. The van der Waals surface area contributed by atoms with Gasteiger partial charge in [-0.2, -0.15) is 0 Å². The quantitative estimate of drug-likeness (QED) is 0.644. The Kier molecular flexibility index (Phi) is 6.24. The van der Waals surface area contributed by atoms with Crippen molar-refractivity contribution in [2.45, 2.75) is 39.3 Å². The maximum Gasteiger partial charge on any atom is 0.307 e. The molecule has 3 unspecified atom stereocenters. The van der Waals surface area contributed by atoms with E-state index < -0.39 is 11.9 Å². The van der Waals surface area contributed by atoms with E-state index in [4.69, 9.17) is 9.84 Å². The molecule has 1 saturated heterocycles. The summed E-state index contributed by atoms with van der Waals surface area (Å²) < 4.78 is 5.47. The van der Waals surface area contributed by atoms with E-state index >= 15 is 0 Å². The molecular formula is C13H24N2O4. The average Bonchev–Trinajstić information content (AvgIpc) is 2.36. The van der Waals surface area contributed by atoms with Crippen molar-refractivity contribution in [2.75, 3.05) is 19.7 Å². The number of aliphatic carboxylic acids is 1. The smallest absolute Gasteiger partial charge is 0.307 e. The summed E-state index contributed by atoms with van der Waals surface area (Å²) in [6, 6.07) is 0.104. The Bertz CT molecular complexity index is 320. The van der Waals surface area contributed by atoms with Crippen molar-refractivity contribution in [3.05, 3.63) is 0 Å². The van der Waals surface area contributed by atoms with Crippen molar-refractivity contribution in [1.82, 2.24) is 10.6 Å². The van der Waals surface area contributed by atoms with E-state index in [0.29, 0.717) is 25.4 Å². The number of carbonyl (C=O) groups excluding carboxylic acids is 1. The van der Waals surface area contributed by atoms with Crippen LogP contribution in [0.4, 0.5) is 0 Å². The lowest BCUT2D eigenvalue weighted by atomic mass is 9.98. The summed E-state index contributed by atoms with van der Waals surface area (Å²) in [4.78, 5) is 22.5. The first-order valence-electron chi connectivity index (χ1n) is 6.74. The predicted molar refractivity (Wildman–Crippen MR) is 70.8 cm³/mol. The fraction of sp³-hybridized carbons (Fsp3) is 0.846. The summed E-state index contributed by atoms with van der Waals surface area (Å²) in [5, 5.41) is 14.8. The van der Waals surface area contributed by atoms with Gasteiger partial charge in [-0.15, -0.1) is 0 Å². The lowest BCUT2D eigenvalue weighted by Crippen LogP contribution is -2.45. The molecule has 0 bridgehead atoms. The number of nitrogens with one attached hydrogen (secondary N) is 2. The fourth-order valence-electron chi connectivity index (χ4n) is 1.87. The van der Waals surface area contributed by atoms with Crippen LogP contribution in [0.5, 0.6) is 0 Å². The highest BCUT2D eigenvalue weighted by Gasteiger charge is 2.27. The Morgan fingerprint density at radius 3 is 2.63 bits per heavy atom. The largest absolute Gasteiger partial charge is 0.481 e. The van der Waals surface area contributed by atoms with E-state index in [1.165, 1.54) is 0 Å². The van der Waals surface area contributed by atoms with Crippen LogP contribution in [0, 0.1) is 11.8 Å². The first kappa shape index (κ1) is 15.9. The molecule has 0 spiro atoms. The standard InChI is InChI=1S/C13H24N2O4/c1-8(2)9(3)15-12(16)7-19-11-4-10(13(17)18)5-14-6-11/h8-11,14H,4-7H2,1-3H3,(H,15,16)(H,17,18). The number of carboxylic acid groups (broad SMARTS) is 1. The van der Waals surface area contributed by atoms with Crippen LogP contribution in [-0.2, 0) is 14.3 Å². The van der Waals surface area contributed by atoms with Gasteiger partial charge in [-0.3, -0.25) is 9.59 Å². The molecule has 6 heteroatoms. The lowest BCUT2D eigenvalue weighted by Gasteiger charge is -2.27. The first-order valence-corrected chi connectivity index (χ1v) is 6.74. The van der Waals surface area contributed by atoms with Crippen LogP contribution < -0.4 is 10.6 Å². The zero-order valence-corrected chi connectivity index (χ0v) is 11.8. The molecule has 0 saturated carbocycles. The number of amides is 1. The molecule has 3 atom stereocenters. The first-order chi connectivity index (χ1) is 8.90. The Labute approximate surface area is 113 Å². The molecule has 19 heavy (non-hydrogen) atoms. The van der Waals surface area contributed by atoms with Gasteiger partial charge in [-0.05, 0) is 19.3 Å². The predicted octanol–water partition coefficient (Wildman–Crippen LogP) is 0.226. The second-order valence-corrected chi connectivity index (χ2v) is 5.46. The van der Waals surface area contributed by atoms with Gasteiger partial charge in [0.05, 0.1) is 12.0 Å². The fourth-order valence-corrected chi connectivity index (χ4v) is 1.87. The van der Waals surface area contributed by atoms with Gasteiger partial charge in [0.25, 0.3) is 0 Å². The van der Waals surface area contributed by atoms with Gasteiger partial charge >= 0.3 is 5.97 Å². The van der Waals surface area contributed by atoms with E-state index in [1.54, 1.807) is 0 Å². The molecule has 3 N–H and O–H groups in total. The number of hydrogen-bond acceptors (Lipinski definition) is 4. The average molecular weight is 272 g/mol. The highest BCUT2D eigenvalue weighted by molar-refractivity contribution is 5.77. The summed E-state index contributed by atoms with van der Waals surface area (Å²) >= 11 is 0. The molecule has 1 rings (SSSR count). The van der Waals surface area contributed by atoms with Crippen LogP contribution in [-0.4, -0.2) is 48.8 Å². The molecule has 0 aliphatic carbocycles. The van der Waals surface area contributed by atoms with E-state index in [1.807, 2.05) is 20.8 Å². The molecule has 110 valence electrons. The highest BCUT2D eigenvalue weighted by atomic mass is 16.5. The summed E-state index contributed by atoms with van der Waals surface area (Å²) in [5.74, 6) is -1.04. The minimum absolute atomic E-state index is 0.0181. The van der Waals surface area contributed by atoms with Crippen LogP contribution in [0.2, 0.25) is 0 Å². The summed E-state index contributed by atoms with van der Waals surface area (Å²) in [5.41, 5.74) is 0. The van der Waals surface area contributed by atoms with Crippen molar-refractivity contribution >= 4 is 11.9 Å². The molecule has 1 amide bonds. The summed E-state index contributed by atoms with van der Waals surface area (Å²) in [6.07, 6.45) is 0.241. The number of carboxylic acids is 1. The topological polar surface area (TPSA) is 87.7 Å². The van der Waals surface area contributed by atoms with Crippen LogP contribution in [0.1, 0.15) is 27.2 Å². The Balaban J connectivity index is 2.28. The molecule has 6 nitrogen and oxygen atoms in total. The van der Waals surface area contributed by atoms with Crippen LogP contribution in [0.3, 0.4) is 0 Å². The number of hydrogen-bond donors (Lipinski definition) is 3. The molecule has 0 aromatic rings. The maximum absolute atomic E-state index is 11.6. The molecule has 1 aliphatic heterocycles. The molecule has 1 aliphatic rings. The summed E-state index contributed by atoms with van der Waals surface area (Å²) in [6.45, 7) is 7.06. The minimum atomic E-state index is -0.821. The number of piperidine rings is 1. The van der Waals surface area contributed by atoms with E-state index in [-0.39, 0.29) is 24.7 Å². The van der Waals surface area contributed by atoms with Gasteiger partial charge in [0.15, 0.2) is 0 Å². The number of carbonyl (C=O) groups is 2. The SMILES string of the molecule is CC(C)C(C)NC(=O)COC1CNCC(C(=O)O)C1. The lowest BCUT2D eigenvalue weighted by molar-refractivity contribution is -0.144. The molecule has 0 radical (unpaired) electrons. The van der Waals surface area contributed by atoms with E-state index in [9.17, 15) is 9.59 Å². The van der Waals surface area contributed by atoms with E-state index in [0.717, 1.165) is 0 Å². The second-order valence-electron chi connectivity index (χ2n) is 5.46. The van der Waals surface area contributed by atoms with Gasteiger partial charge in [-0.1, -0.05) is 13.8 Å². The van der Waals surface area contributed by atoms with Crippen LogP contribution in [0.15, 0.2) is 0 Å². The molecular weight excluding hydrogens is 248 g/mol. The molecule has 0 aromatic heterocycles. The normalized spacial score (nSPS) is 25.1. The van der Waals surface area contributed by atoms with Gasteiger partial charge in [0, 0.05) is 19.1 Å². The Hall–Kier alpha value is -1.14. The monoisotopic (exact) mass is 272 g/mol. The van der Waals surface area contributed by atoms with Crippen molar-refractivity contribution < 1.29 is 19.4 Å². The van der Waals surface area contributed by atoms with Gasteiger partial charge in [0.2, 0.25) is 5.91 Å². The third kappa shape index (κ3) is 5.57. The second kappa shape index (κ2) is 7.45. The Morgan fingerprint density at radius 1 is 1.37 bits per heavy atom. The van der Waals surface area contributed by atoms with Crippen molar-refractivity contribution in [3.63, 3.8) is 0 Å². The van der Waals surface area contributed by atoms with Crippen LogP contribution in [0.25, 0.3) is 0 Å². The molecule has 1 fully saturated rings. The van der Waals surface area contributed by atoms with Crippen molar-refractivity contribution in [3.8, 4) is 0 Å². The zero-order chi connectivity index (χ0) is 14.4. The third-order valence-electron chi connectivity index (χ3n) is 3.50. The van der Waals surface area contributed by atoms with Crippen LogP contribution >= 0.6 is 0 Å². The molecule has 1 heterocycles. The highest BCUT2D eigenvalue weighted by Crippen LogP contribution is 2.13. The van der Waals surface area contributed by atoms with Crippen molar-refractivity contribution in [2.24, 2.45) is 11.8 Å². The van der Waals surface area contributed by atoms with Gasteiger partial charge in [0.1, 0.15) is 6.61 Å². The summed E-state index contributed by atoms with van der Waals surface area (Å²) in [7, 11) is 0. The third-order valence-corrected chi connectivity index (χ3v) is 3.50. The van der Waals surface area contributed by atoms with Gasteiger partial charge in [-0.25, -0.2) is 0 Å². The number of ether oxygens (including phenoxy) is 1. The van der Waals surface area contributed by atoms with Crippen molar-refractivity contribution in [1.29, 1.82) is 0 Å².